The summed E-state index contributed by atoms with van der Waals surface area (Å²) in [4.78, 5) is 0.171. The molecular formula is C10H12O3S. The molecule has 0 fully saturated rings. The Balaban J connectivity index is 2.93. The standard InChI is InChI=1S/C10H12O3S/c1-3-8-13-14(11,12)10-6-4-9(2)5-7-10/h3-7H,1,8H2,2H3/i10+2. The van der Waals surface area contributed by atoms with Crippen LogP contribution in [0.15, 0.2) is 41.8 Å². The average Bonchev–Trinajstić information content (AvgIpc) is 2.16. The van der Waals surface area contributed by atoms with Crippen molar-refractivity contribution in [1.29, 1.82) is 0 Å². The van der Waals surface area contributed by atoms with Gasteiger partial charge in [0.1, 0.15) is 0 Å². The van der Waals surface area contributed by atoms with Gasteiger partial charge in [-0.05, 0) is 19.1 Å². The van der Waals surface area contributed by atoms with E-state index in [2.05, 4.69) is 10.8 Å². The van der Waals surface area contributed by atoms with Crippen molar-refractivity contribution < 1.29 is 12.6 Å². The molecule has 1 aromatic carbocycles. The SMILES string of the molecule is C=CCOS(=O)(=O)[14c]1ccc(C)cc1. The number of aryl methyl sites for hydroxylation is 1. The van der Waals surface area contributed by atoms with Gasteiger partial charge in [-0.25, -0.2) is 0 Å². The summed E-state index contributed by atoms with van der Waals surface area (Å²) in [7, 11) is -3.61. The third-order valence-corrected chi connectivity index (χ3v) is 2.95. The van der Waals surface area contributed by atoms with Gasteiger partial charge in [0.05, 0.1) is 11.5 Å². The third-order valence-electron chi connectivity index (χ3n) is 1.65. The zero-order valence-electron chi connectivity index (χ0n) is 7.93. The number of hydrogen-bond donors (Lipinski definition) is 0. The molecule has 0 aromatic heterocycles. The predicted octanol–water partition coefficient (Wildman–Crippen LogP) is 1.89. The molecule has 0 aliphatic heterocycles. The summed E-state index contributed by atoms with van der Waals surface area (Å²) >= 11 is 0. The third kappa shape index (κ3) is 2.68. The number of hydrogen-bond acceptors (Lipinski definition) is 3. The largest absolute Gasteiger partial charge is 0.297 e. The molecule has 0 unspecified atom stereocenters. The lowest BCUT2D eigenvalue weighted by atomic mass is 10.3. The second-order valence-corrected chi connectivity index (χ2v) is 4.46. The van der Waals surface area contributed by atoms with Crippen LogP contribution in [0.25, 0.3) is 0 Å². The van der Waals surface area contributed by atoms with Gasteiger partial charge < -0.3 is 0 Å². The summed E-state index contributed by atoms with van der Waals surface area (Å²) in [5.41, 5.74) is 1.01. The normalized spacial score (nSPS) is 11.2. The highest BCUT2D eigenvalue weighted by Gasteiger charge is 2.13. The van der Waals surface area contributed by atoms with Crippen molar-refractivity contribution in [2.75, 3.05) is 6.61 Å². The molecule has 14 heavy (non-hydrogen) atoms. The molecule has 0 amide bonds. The maximum absolute atomic E-state index is 11.4. The van der Waals surface area contributed by atoms with Crippen LogP contribution in [0.5, 0.6) is 0 Å². The molecule has 0 saturated carbocycles. The molecule has 0 spiro atoms. The van der Waals surface area contributed by atoms with Crippen molar-refractivity contribution in [3.63, 3.8) is 0 Å². The summed E-state index contributed by atoms with van der Waals surface area (Å²) in [6, 6.07) is 6.50. The lowest BCUT2D eigenvalue weighted by molar-refractivity contribution is 0.357. The molecule has 1 rings (SSSR count). The van der Waals surface area contributed by atoms with E-state index in [1.54, 1.807) is 12.1 Å². The van der Waals surface area contributed by atoms with Crippen molar-refractivity contribution in [3.8, 4) is 0 Å². The summed E-state index contributed by atoms with van der Waals surface area (Å²) in [6.07, 6.45) is 1.39. The van der Waals surface area contributed by atoms with Crippen LogP contribution in [0.3, 0.4) is 0 Å². The van der Waals surface area contributed by atoms with Crippen molar-refractivity contribution in [1.82, 2.24) is 0 Å². The molecule has 0 bridgehead atoms. The lowest BCUT2D eigenvalue weighted by Gasteiger charge is -2.03. The van der Waals surface area contributed by atoms with E-state index < -0.39 is 10.1 Å². The Bertz CT molecular complexity index is 403. The molecule has 0 saturated heterocycles. The summed E-state index contributed by atoms with van der Waals surface area (Å²) in [5.74, 6) is 0. The van der Waals surface area contributed by atoms with E-state index in [0.29, 0.717) is 0 Å². The smallest absolute Gasteiger partial charge is 0.262 e. The van der Waals surface area contributed by atoms with Crippen molar-refractivity contribution in [3.05, 3.63) is 42.5 Å². The number of benzene rings is 1. The monoisotopic (exact) mass is 214 g/mol. The Morgan fingerprint density at radius 3 is 2.57 bits per heavy atom. The van der Waals surface area contributed by atoms with Gasteiger partial charge in [-0.3, -0.25) is 4.18 Å². The minimum Gasteiger partial charge on any atom is -0.262 e. The Kier molecular flexibility index (Phi) is 3.43. The summed E-state index contributed by atoms with van der Waals surface area (Å²) in [6.45, 7) is 5.27. The highest BCUT2D eigenvalue weighted by atomic mass is 32.2. The van der Waals surface area contributed by atoms with E-state index in [-0.39, 0.29) is 11.5 Å². The van der Waals surface area contributed by atoms with E-state index in [1.807, 2.05) is 6.92 Å². The molecule has 0 aliphatic rings. The zero-order chi connectivity index (χ0) is 10.6. The first-order valence-electron chi connectivity index (χ1n) is 4.13. The first-order valence-corrected chi connectivity index (χ1v) is 5.54. The van der Waals surface area contributed by atoms with Gasteiger partial charge in [0, 0.05) is 0 Å². The van der Waals surface area contributed by atoms with Crippen molar-refractivity contribution in [2.45, 2.75) is 11.8 Å². The molecule has 3 nitrogen and oxygen atoms in total. The Labute approximate surface area is 84.1 Å². The first-order chi connectivity index (χ1) is 6.56. The van der Waals surface area contributed by atoms with Crippen LogP contribution in [0, 0.1) is 6.92 Å². The topological polar surface area (TPSA) is 43.4 Å². The summed E-state index contributed by atoms with van der Waals surface area (Å²) < 4.78 is 27.5. The number of rotatable bonds is 4. The molecule has 0 aliphatic carbocycles. The van der Waals surface area contributed by atoms with Crippen LogP contribution < -0.4 is 0 Å². The highest BCUT2D eigenvalue weighted by molar-refractivity contribution is 7.86. The molecule has 0 radical (unpaired) electrons. The minimum absolute atomic E-state index is 0.00376. The van der Waals surface area contributed by atoms with Crippen LogP contribution in [0.1, 0.15) is 5.56 Å². The van der Waals surface area contributed by atoms with E-state index in [1.165, 1.54) is 18.2 Å². The molecule has 0 heterocycles. The molecule has 4 heteroatoms. The van der Waals surface area contributed by atoms with Gasteiger partial charge >= 0.3 is 0 Å². The van der Waals surface area contributed by atoms with Crippen molar-refractivity contribution >= 4 is 10.1 Å². The molecular weight excluding hydrogens is 202 g/mol. The van der Waals surface area contributed by atoms with E-state index in [9.17, 15) is 8.42 Å². The van der Waals surface area contributed by atoms with Gasteiger partial charge in [-0.15, -0.1) is 6.58 Å². The quantitative estimate of drug-likeness (QED) is 0.568. The van der Waals surface area contributed by atoms with Gasteiger partial charge in [-0.1, -0.05) is 23.8 Å². The molecule has 0 atom stereocenters. The Morgan fingerprint density at radius 2 is 2.07 bits per heavy atom. The van der Waals surface area contributed by atoms with Crippen LogP contribution in [0.2, 0.25) is 0 Å². The highest BCUT2D eigenvalue weighted by Crippen LogP contribution is 2.12. The fourth-order valence-corrected chi connectivity index (χ4v) is 1.79. The predicted molar refractivity (Wildman–Crippen MR) is 54.5 cm³/mol. The van der Waals surface area contributed by atoms with Crippen LogP contribution in [-0.2, 0) is 14.3 Å². The van der Waals surface area contributed by atoms with Gasteiger partial charge in [0.2, 0.25) is 0 Å². The van der Waals surface area contributed by atoms with Crippen LogP contribution in [0.4, 0.5) is 0 Å². The fourth-order valence-electron chi connectivity index (χ4n) is 0.911. The average molecular weight is 214 g/mol. The minimum atomic E-state index is -3.61. The maximum atomic E-state index is 11.4. The first kappa shape index (κ1) is 10.9. The molecule has 76 valence electrons. The van der Waals surface area contributed by atoms with Crippen molar-refractivity contribution in [2.24, 2.45) is 0 Å². The lowest BCUT2D eigenvalue weighted by Crippen LogP contribution is -2.06. The molecule has 0 N–H and O–H groups in total. The van der Waals surface area contributed by atoms with Gasteiger partial charge in [0.25, 0.3) is 10.1 Å². The second-order valence-electron chi connectivity index (χ2n) is 2.84. The van der Waals surface area contributed by atoms with E-state index >= 15 is 0 Å². The van der Waals surface area contributed by atoms with Gasteiger partial charge in [0.15, 0.2) is 0 Å². The summed E-state index contributed by atoms with van der Waals surface area (Å²) in [5, 5.41) is 0. The van der Waals surface area contributed by atoms with E-state index in [4.69, 9.17) is 0 Å². The van der Waals surface area contributed by atoms with Crippen LogP contribution >= 0.6 is 0 Å². The van der Waals surface area contributed by atoms with E-state index in [0.717, 1.165) is 5.56 Å². The van der Waals surface area contributed by atoms with Gasteiger partial charge in [-0.2, -0.15) is 8.42 Å². The molecule has 1 aromatic rings. The maximum Gasteiger partial charge on any atom is 0.297 e. The fraction of sp³-hybridized carbons (Fsp3) is 0.200. The Hall–Kier alpha value is -1.13. The zero-order valence-corrected chi connectivity index (χ0v) is 8.75. The second kappa shape index (κ2) is 4.39. The Morgan fingerprint density at radius 1 is 1.50 bits per heavy atom. The van der Waals surface area contributed by atoms with Crippen LogP contribution in [-0.4, -0.2) is 15.0 Å².